The fraction of sp³-hybridized carbons (Fsp3) is 0.500. The number of hydrogen-bond donors (Lipinski definition) is 2. The summed E-state index contributed by atoms with van der Waals surface area (Å²) in [6.45, 7) is 11.9. The number of nitrogens with one attached hydrogen (secondary N) is 2. The summed E-state index contributed by atoms with van der Waals surface area (Å²) in [5.41, 5.74) is 4.81. The van der Waals surface area contributed by atoms with Gasteiger partial charge in [-0.2, -0.15) is 19.6 Å². The first-order valence-corrected chi connectivity index (χ1v) is 14.6. The lowest BCUT2D eigenvalue weighted by molar-refractivity contribution is -0.127. The maximum Gasteiger partial charge on any atom is 0.322 e. The van der Waals surface area contributed by atoms with Crippen LogP contribution in [-0.4, -0.2) is 84.6 Å². The molecule has 11 nitrogen and oxygen atoms in total. The van der Waals surface area contributed by atoms with Crippen molar-refractivity contribution in [2.75, 3.05) is 38.5 Å². The lowest BCUT2D eigenvalue weighted by Crippen LogP contribution is -2.38. The lowest BCUT2D eigenvalue weighted by atomic mass is 9.97. The molecular formula is C30H39N9O2. The SMILES string of the molecule is C=CC(=O)N1CCCC(c2nc3ccc(CNc4nc(OC5CCN(C)CC5)nc5c(C(C)C)cnn45)cc3[nH]2)C1. The number of ether oxygens (including phenoxy) is 1. The molecule has 1 aromatic carbocycles. The second-order valence-electron chi connectivity index (χ2n) is 11.6. The Kier molecular flexibility index (Phi) is 7.61. The topological polar surface area (TPSA) is 117 Å². The average molecular weight is 558 g/mol. The number of carbonyl (C=O) groups excluding carboxylic acids is 1. The normalized spacial score (nSPS) is 18.8. The van der Waals surface area contributed by atoms with Gasteiger partial charge in [-0.1, -0.05) is 26.5 Å². The smallest absolute Gasteiger partial charge is 0.322 e. The molecule has 11 heteroatoms. The van der Waals surface area contributed by atoms with Gasteiger partial charge in [0, 0.05) is 44.2 Å². The fourth-order valence-electron chi connectivity index (χ4n) is 5.79. The van der Waals surface area contributed by atoms with E-state index in [1.807, 2.05) is 17.2 Å². The minimum atomic E-state index is -0.0180. The monoisotopic (exact) mass is 557 g/mol. The van der Waals surface area contributed by atoms with Crippen LogP contribution in [0.2, 0.25) is 0 Å². The third kappa shape index (κ3) is 5.76. The molecule has 2 aliphatic rings. The largest absolute Gasteiger partial charge is 0.460 e. The van der Waals surface area contributed by atoms with E-state index in [0.29, 0.717) is 25.0 Å². The number of amides is 1. The molecule has 2 saturated heterocycles. The Morgan fingerprint density at radius 2 is 2.02 bits per heavy atom. The molecule has 41 heavy (non-hydrogen) atoms. The van der Waals surface area contributed by atoms with Crippen LogP contribution < -0.4 is 10.1 Å². The van der Waals surface area contributed by atoms with Gasteiger partial charge < -0.3 is 24.8 Å². The number of fused-ring (bicyclic) bond motifs is 2. The molecule has 4 aromatic rings. The molecule has 1 unspecified atom stereocenters. The first-order valence-electron chi connectivity index (χ1n) is 14.6. The maximum absolute atomic E-state index is 12.1. The van der Waals surface area contributed by atoms with Gasteiger partial charge in [-0.3, -0.25) is 4.79 Å². The first-order chi connectivity index (χ1) is 19.9. The van der Waals surface area contributed by atoms with Crippen molar-refractivity contribution in [3.63, 3.8) is 0 Å². The summed E-state index contributed by atoms with van der Waals surface area (Å²) in [6.07, 6.45) is 7.24. The van der Waals surface area contributed by atoms with Crippen molar-refractivity contribution in [3.05, 3.63) is 54.0 Å². The minimum absolute atomic E-state index is 0.0180. The number of likely N-dealkylation sites (tertiary alicyclic amines) is 2. The van der Waals surface area contributed by atoms with Crippen molar-refractivity contribution in [1.82, 2.24) is 39.3 Å². The zero-order valence-corrected chi connectivity index (χ0v) is 24.1. The molecule has 216 valence electrons. The number of nitrogens with zero attached hydrogens (tertiary/aromatic N) is 7. The van der Waals surface area contributed by atoms with Crippen LogP contribution in [0.15, 0.2) is 37.1 Å². The van der Waals surface area contributed by atoms with Gasteiger partial charge in [-0.25, -0.2) is 4.98 Å². The van der Waals surface area contributed by atoms with Crippen molar-refractivity contribution >= 4 is 28.5 Å². The number of rotatable bonds is 8. The van der Waals surface area contributed by atoms with Crippen LogP contribution in [0, 0.1) is 0 Å². The van der Waals surface area contributed by atoms with Crippen molar-refractivity contribution in [3.8, 4) is 6.01 Å². The number of carbonyl (C=O) groups is 1. The Hall–Kier alpha value is -3.99. The highest BCUT2D eigenvalue weighted by atomic mass is 16.5. The van der Waals surface area contributed by atoms with E-state index < -0.39 is 0 Å². The second kappa shape index (κ2) is 11.5. The van der Waals surface area contributed by atoms with Gasteiger partial charge in [0.1, 0.15) is 11.9 Å². The maximum atomic E-state index is 12.1. The summed E-state index contributed by atoms with van der Waals surface area (Å²) >= 11 is 0. The number of H-pyrrole nitrogens is 1. The van der Waals surface area contributed by atoms with E-state index in [-0.39, 0.29) is 23.8 Å². The van der Waals surface area contributed by atoms with Gasteiger partial charge >= 0.3 is 6.01 Å². The first kappa shape index (κ1) is 27.2. The Morgan fingerprint density at radius 3 is 2.80 bits per heavy atom. The van der Waals surface area contributed by atoms with Crippen molar-refractivity contribution in [1.29, 1.82) is 0 Å². The van der Waals surface area contributed by atoms with E-state index >= 15 is 0 Å². The van der Waals surface area contributed by atoms with Gasteiger partial charge in [0.15, 0.2) is 5.65 Å². The summed E-state index contributed by atoms with van der Waals surface area (Å²) in [4.78, 5) is 34.2. The van der Waals surface area contributed by atoms with Gasteiger partial charge in [-0.05, 0) is 62.4 Å². The van der Waals surface area contributed by atoms with Crippen LogP contribution in [0.3, 0.4) is 0 Å². The van der Waals surface area contributed by atoms with Gasteiger partial charge in [0.2, 0.25) is 11.9 Å². The number of hydrogen-bond acceptors (Lipinski definition) is 8. The number of imidazole rings is 1. The molecule has 0 bridgehead atoms. The zero-order valence-electron chi connectivity index (χ0n) is 24.1. The summed E-state index contributed by atoms with van der Waals surface area (Å²) in [5, 5.41) is 8.07. The summed E-state index contributed by atoms with van der Waals surface area (Å²) in [6, 6.07) is 6.62. The molecule has 2 fully saturated rings. The number of piperidine rings is 2. The average Bonchev–Trinajstić information content (AvgIpc) is 3.61. The highest BCUT2D eigenvalue weighted by Gasteiger charge is 2.26. The van der Waals surface area contributed by atoms with Crippen LogP contribution in [0.4, 0.5) is 5.95 Å². The molecule has 2 N–H and O–H groups in total. The molecule has 3 aromatic heterocycles. The van der Waals surface area contributed by atoms with Crippen LogP contribution >= 0.6 is 0 Å². The van der Waals surface area contributed by atoms with Crippen LogP contribution in [0.1, 0.15) is 68.3 Å². The zero-order chi connectivity index (χ0) is 28.5. The van der Waals surface area contributed by atoms with E-state index in [1.54, 1.807) is 4.52 Å². The second-order valence-corrected chi connectivity index (χ2v) is 11.6. The van der Waals surface area contributed by atoms with E-state index in [9.17, 15) is 4.79 Å². The number of aromatic nitrogens is 6. The molecule has 1 amide bonds. The molecular weight excluding hydrogens is 518 g/mol. The standard InChI is InChI=1S/C30H39N9O2/c1-5-26(40)38-12-6-7-21(18-38)27-33-24-9-8-20(15-25(24)34-27)16-31-29-36-30(41-22-10-13-37(4)14-11-22)35-28-23(19(2)3)17-32-39(28)29/h5,8-9,15,17,19,21-22H,1,6-7,10-14,16,18H2,2-4H3,(H,33,34)(H,31,35,36). The summed E-state index contributed by atoms with van der Waals surface area (Å²) < 4.78 is 8.05. The fourth-order valence-corrected chi connectivity index (χ4v) is 5.79. The Labute approximate surface area is 240 Å². The van der Waals surface area contributed by atoms with Crippen molar-refractivity contribution in [2.45, 2.75) is 64.0 Å². The predicted molar refractivity (Wildman–Crippen MR) is 158 cm³/mol. The van der Waals surface area contributed by atoms with Crippen LogP contribution in [-0.2, 0) is 11.3 Å². The molecule has 6 rings (SSSR count). The van der Waals surface area contributed by atoms with E-state index in [4.69, 9.17) is 19.7 Å². The number of benzene rings is 1. The molecule has 2 aliphatic heterocycles. The number of anilines is 1. The quantitative estimate of drug-likeness (QED) is 0.311. The summed E-state index contributed by atoms with van der Waals surface area (Å²) in [7, 11) is 2.14. The molecule has 1 atom stereocenters. The number of aromatic amines is 1. The predicted octanol–water partition coefficient (Wildman–Crippen LogP) is 4.10. The van der Waals surface area contributed by atoms with E-state index in [0.717, 1.165) is 78.9 Å². The van der Waals surface area contributed by atoms with Crippen molar-refractivity contribution in [2.24, 2.45) is 0 Å². The molecule has 0 aliphatic carbocycles. The Balaban J connectivity index is 1.21. The van der Waals surface area contributed by atoms with Gasteiger partial charge in [-0.15, -0.1) is 0 Å². The van der Waals surface area contributed by atoms with Gasteiger partial charge in [0.25, 0.3) is 0 Å². The Bertz CT molecular complexity index is 1550. The van der Waals surface area contributed by atoms with Gasteiger partial charge in [0.05, 0.1) is 17.2 Å². The van der Waals surface area contributed by atoms with Crippen LogP contribution in [0.5, 0.6) is 6.01 Å². The molecule has 5 heterocycles. The molecule has 0 spiro atoms. The van der Waals surface area contributed by atoms with E-state index in [2.05, 4.69) is 59.9 Å². The lowest BCUT2D eigenvalue weighted by Gasteiger charge is -2.31. The minimum Gasteiger partial charge on any atom is -0.460 e. The summed E-state index contributed by atoms with van der Waals surface area (Å²) in [5.74, 6) is 1.97. The highest BCUT2D eigenvalue weighted by Crippen LogP contribution is 2.28. The molecule has 0 saturated carbocycles. The van der Waals surface area contributed by atoms with E-state index in [1.165, 1.54) is 6.08 Å². The van der Waals surface area contributed by atoms with Crippen LogP contribution in [0.25, 0.3) is 16.7 Å². The third-order valence-electron chi connectivity index (χ3n) is 8.24. The highest BCUT2D eigenvalue weighted by molar-refractivity contribution is 5.87. The van der Waals surface area contributed by atoms with Crippen molar-refractivity contribution < 1.29 is 9.53 Å². The third-order valence-corrected chi connectivity index (χ3v) is 8.24. The molecule has 0 radical (unpaired) electrons. The Morgan fingerprint density at radius 1 is 1.20 bits per heavy atom.